The third-order valence-electron chi connectivity index (χ3n) is 3.15. The van der Waals surface area contributed by atoms with E-state index in [1.54, 1.807) is 0 Å². The van der Waals surface area contributed by atoms with Gasteiger partial charge in [0.15, 0.2) is 0 Å². The Hall–Kier alpha value is -1.72. The predicted octanol–water partition coefficient (Wildman–Crippen LogP) is 2.99. The lowest BCUT2D eigenvalue weighted by Crippen LogP contribution is -2.27. The van der Waals surface area contributed by atoms with Crippen LogP contribution in [-0.4, -0.2) is 25.6 Å². The molecule has 5 heteroatoms. The molecule has 21 heavy (non-hydrogen) atoms. The molecule has 112 valence electrons. The topological polar surface area (TPSA) is 37.4 Å². The molecule has 0 radical (unpaired) electrons. The van der Waals surface area contributed by atoms with Crippen LogP contribution in [0.1, 0.15) is 11.1 Å². The van der Waals surface area contributed by atoms with E-state index in [1.165, 1.54) is 0 Å². The summed E-state index contributed by atoms with van der Waals surface area (Å²) in [7, 11) is -4.45. The Morgan fingerprint density at radius 3 is 1.62 bits per heavy atom. The molecule has 0 fully saturated rings. The summed E-state index contributed by atoms with van der Waals surface area (Å²) in [5.41, 5.74) is 2.15. The van der Waals surface area contributed by atoms with E-state index in [4.69, 9.17) is 0 Å². The Bertz CT molecular complexity index is 603. The molecule has 0 bridgehead atoms. The third kappa shape index (κ3) is 6.06. The van der Waals surface area contributed by atoms with E-state index >= 15 is 0 Å². The van der Waals surface area contributed by atoms with Gasteiger partial charge in [0.1, 0.15) is 0 Å². The molecule has 0 aliphatic carbocycles. The van der Waals surface area contributed by atoms with E-state index in [-0.39, 0.29) is 6.54 Å². The molecule has 0 saturated carbocycles. The maximum absolute atomic E-state index is 12.8. The van der Waals surface area contributed by atoms with Gasteiger partial charge < -0.3 is 0 Å². The summed E-state index contributed by atoms with van der Waals surface area (Å²) in [5, 5.41) is 0. The van der Waals surface area contributed by atoms with Crippen LogP contribution in [0.5, 0.6) is 0 Å². The molecule has 0 spiro atoms. The van der Waals surface area contributed by atoms with Gasteiger partial charge in [-0.25, -0.2) is 0 Å². The zero-order valence-electron chi connectivity index (χ0n) is 11.7. The average molecular weight is 307 g/mol. The Kier molecular flexibility index (Phi) is 5.47. The van der Waals surface area contributed by atoms with Gasteiger partial charge in [-0.15, -0.1) is 3.89 Å². The largest absolute Gasteiger partial charge is 0.303 e. The quantitative estimate of drug-likeness (QED) is 0.738. The molecule has 0 aliphatic rings. The van der Waals surface area contributed by atoms with Crippen LogP contribution >= 0.6 is 0 Å². The summed E-state index contributed by atoms with van der Waals surface area (Å²) in [5.74, 6) is -0.479. The van der Waals surface area contributed by atoms with Crippen molar-refractivity contribution in [2.75, 3.05) is 12.3 Å². The second kappa shape index (κ2) is 7.33. The number of halogens is 1. The summed E-state index contributed by atoms with van der Waals surface area (Å²) in [6.07, 6.45) is 0. The van der Waals surface area contributed by atoms with Crippen molar-refractivity contribution in [3.05, 3.63) is 71.8 Å². The number of nitrogens with zero attached hydrogens (tertiary/aromatic N) is 1. The highest BCUT2D eigenvalue weighted by Crippen LogP contribution is 2.10. The number of hydrogen-bond donors (Lipinski definition) is 0. The maximum atomic E-state index is 12.8. The van der Waals surface area contributed by atoms with E-state index in [0.29, 0.717) is 13.1 Å². The molecule has 3 nitrogen and oxygen atoms in total. The first-order valence-electron chi connectivity index (χ1n) is 6.75. The van der Waals surface area contributed by atoms with E-state index in [1.807, 2.05) is 65.6 Å². The van der Waals surface area contributed by atoms with Crippen LogP contribution < -0.4 is 0 Å². The van der Waals surface area contributed by atoms with Crippen LogP contribution in [0.2, 0.25) is 0 Å². The molecule has 0 atom stereocenters. The Morgan fingerprint density at radius 2 is 1.24 bits per heavy atom. The first-order valence-corrected chi connectivity index (χ1v) is 8.31. The van der Waals surface area contributed by atoms with Crippen molar-refractivity contribution in [3.8, 4) is 0 Å². The second-order valence-corrected chi connectivity index (χ2v) is 6.41. The molecule has 0 N–H and O–H groups in total. The lowest BCUT2D eigenvalue weighted by atomic mass is 10.1. The molecule has 0 aromatic heterocycles. The summed E-state index contributed by atoms with van der Waals surface area (Å²) in [4.78, 5) is 1.93. The highest BCUT2D eigenvalue weighted by molar-refractivity contribution is 7.86. The Labute approximate surface area is 125 Å². The van der Waals surface area contributed by atoms with Crippen molar-refractivity contribution in [2.45, 2.75) is 13.1 Å². The average Bonchev–Trinajstić information content (AvgIpc) is 2.46. The normalized spacial score (nSPS) is 11.7. The number of hydrogen-bond acceptors (Lipinski definition) is 3. The highest BCUT2D eigenvalue weighted by Gasteiger charge is 2.13. The third-order valence-corrected chi connectivity index (χ3v) is 3.82. The zero-order valence-corrected chi connectivity index (χ0v) is 12.5. The van der Waals surface area contributed by atoms with Gasteiger partial charge in [-0.1, -0.05) is 60.7 Å². The predicted molar refractivity (Wildman–Crippen MR) is 81.9 cm³/mol. The standard InChI is InChI=1S/C16H18FNO2S/c17-21(19,20)12-11-18(13-15-7-3-1-4-8-15)14-16-9-5-2-6-10-16/h1-10H,11-14H2. The minimum atomic E-state index is -4.45. The fourth-order valence-electron chi connectivity index (χ4n) is 2.14. The van der Waals surface area contributed by atoms with Gasteiger partial charge in [-0.3, -0.25) is 4.90 Å². The Balaban J connectivity index is 2.06. The monoisotopic (exact) mass is 307 g/mol. The van der Waals surface area contributed by atoms with Crippen molar-refractivity contribution in [1.82, 2.24) is 4.90 Å². The zero-order chi connectivity index (χ0) is 15.1. The van der Waals surface area contributed by atoms with Gasteiger partial charge in [-0.2, -0.15) is 8.42 Å². The summed E-state index contributed by atoms with van der Waals surface area (Å²) in [6, 6.07) is 19.5. The molecule has 0 aliphatic heterocycles. The second-order valence-electron chi connectivity index (χ2n) is 4.92. The van der Waals surface area contributed by atoms with Crippen molar-refractivity contribution < 1.29 is 12.3 Å². The van der Waals surface area contributed by atoms with Gasteiger partial charge in [-0.05, 0) is 11.1 Å². The molecule has 2 aromatic rings. The van der Waals surface area contributed by atoms with Crippen LogP contribution in [0.25, 0.3) is 0 Å². The molecule has 0 unspecified atom stereocenters. The van der Waals surface area contributed by atoms with Gasteiger partial charge in [0, 0.05) is 19.6 Å². The van der Waals surface area contributed by atoms with Gasteiger partial charge in [0.05, 0.1) is 5.75 Å². The van der Waals surface area contributed by atoms with E-state index in [0.717, 1.165) is 11.1 Å². The summed E-state index contributed by atoms with van der Waals surface area (Å²) in [6.45, 7) is 1.35. The fourth-order valence-corrected chi connectivity index (χ4v) is 2.61. The van der Waals surface area contributed by atoms with Gasteiger partial charge in [0.2, 0.25) is 0 Å². The maximum Gasteiger partial charge on any atom is 0.303 e. The van der Waals surface area contributed by atoms with Crippen LogP contribution in [0.4, 0.5) is 3.89 Å². The van der Waals surface area contributed by atoms with Gasteiger partial charge >= 0.3 is 10.2 Å². The first-order chi connectivity index (χ1) is 10.0. The SMILES string of the molecule is O=S(=O)(F)CCN(Cc1ccccc1)Cc1ccccc1. The Morgan fingerprint density at radius 1 is 0.810 bits per heavy atom. The molecule has 0 heterocycles. The van der Waals surface area contributed by atoms with Crippen molar-refractivity contribution in [2.24, 2.45) is 0 Å². The highest BCUT2D eigenvalue weighted by atomic mass is 32.3. The molecular weight excluding hydrogens is 289 g/mol. The lowest BCUT2D eigenvalue weighted by molar-refractivity contribution is 0.271. The number of benzene rings is 2. The molecule has 0 saturated heterocycles. The van der Waals surface area contributed by atoms with Crippen LogP contribution in [0, 0.1) is 0 Å². The minimum absolute atomic E-state index is 0.169. The molecule has 2 aromatic carbocycles. The summed E-state index contributed by atoms with van der Waals surface area (Å²) >= 11 is 0. The fraction of sp³-hybridized carbons (Fsp3) is 0.250. The smallest absolute Gasteiger partial charge is 0.294 e. The molecule has 0 amide bonds. The van der Waals surface area contributed by atoms with Crippen LogP contribution in [-0.2, 0) is 23.3 Å². The first kappa shape index (κ1) is 15.7. The van der Waals surface area contributed by atoms with E-state index in [9.17, 15) is 12.3 Å². The summed E-state index contributed by atoms with van der Waals surface area (Å²) < 4.78 is 34.3. The van der Waals surface area contributed by atoms with Crippen molar-refractivity contribution in [1.29, 1.82) is 0 Å². The minimum Gasteiger partial charge on any atom is -0.294 e. The number of rotatable bonds is 7. The van der Waals surface area contributed by atoms with Crippen molar-refractivity contribution in [3.63, 3.8) is 0 Å². The van der Waals surface area contributed by atoms with Crippen LogP contribution in [0.15, 0.2) is 60.7 Å². The molecular formula is C16H18FNO2S. The van der Waals surface area contributed by atoms with E-state index < -0.39 is 16.0 Å². The van der Waals surface area contributed by atoms with E-state index in [2.05, 4.69) is 0 Å². The van der Waals surface area contributed by atoms with Crippen LogP contribution in [0.3, 0.4) is 0 Å². The van der Waals surface area contributed by atoms with Crippen molar-refractivity contribution >= 4 is 10.2 Å². The lowest BCUT2D eigenvalue weighted by Gasteiger charge is -2.21. The molecule has 2 rings (SSSR count). The van der Waals surface area contributed by atoms with Gasteiger partial charge in [0.25, 0.3) is 0 Å².